The smallest absolute Gasteiger partial charge is 0.251 e. The number of Topliss-reactive ketones (excluding diaryl/α,β-unsaturated/α-hetero) is 2. The topological polar surface area (TPSA) is 76.5 Å². The van der Waals surface area contributed by atoms with Crippen LogP contribution in [0.25, 0.3) is 11.1 Å². The fraction of sp³-hybridized carbons (Fsp3) is 0.0500. The molecule has 124 valence electrons. The molecule has 1 aromatic heterocycles. The molecular formula is C20H15NO4. The molecule has 0 fully saturated rings. The number of aromatic nitrogens is 1. The number of nitrogens with zero attached hydrogens (tertiary/aromatic N) is 1. The molecule has 0 amide bonds. The van der Waals surface area contributed by atoms with Crippen LogP contribution in [-0.4, -0.2) is 28.8 Å². The van der Waals surface area contributed by atoms with Crippen molar-refractivity contribution >= 4 is 11.6 Å². The van der Waals surface area contributed by atoms with E-state index in [9.17, 15) is 14.7 Å². The van der Waals surface area contributed by atoms with Gasteiger partial charge in [-0.2, -0.15) is 0 Å². The molecule has 2 aromatic carbocycles. The van der Waals surface area contributed by atoms with E-state index in [2.05, 4.69) is 4.98 Å². The van der Waals surface area contributed by atoms with Crippen molar-refractivity contribution in [2.75, 3.05) is 7.11 Å². The van der Waals surface area contributed by atoms with Crippen molar-refractivity contribution in [2.24, 2.45) is 0 Å². The number of rotatable bonds is 5. The zero-order valence-electron chi connectivity index (χ0n) is 13.5. The number of carbonyl (C=O) groups is 2. The highest BCUT2D eigenvalue weighted by Crippen LogP contribution is 2.24. The summed E-state index contributed by atoms with van der Waals surface area (Å²) in [5.41, 5.74) is 1.89. The fourth-order valence-electron chi connectivity index (χ4n) is 2.40. The quantitative estimate of drug-likeness (QED) is 0.571. The number of ketones is 2. The lowest BCUT2D eigenvalue weighted by molar-refractivity contribution is 0.0814. The highest BCUT2D eigenvalue weighted by molar-refractivity contribution is 6.48. The lowest BCUT2D eigenvalue weighted by atomic mass is 10.0. The van der Waals surface area contributed by atoms with E-state index in [1.807, 2.05) is 24.3 Å². The third-order valence-electron chi connectivity index (χ3n) is 3.73. The maximum Gasteiger partial charge on any atom is 0.251 e. The van der Waals surface area contributed by atoms with E-state index in [-0.39, 0.29) is 17.0 Å². The maximum atomic E-state index is 12.4. The molecule has 3 aromatic rings. The van der Waals surface area contributed by atoms with Crippen LogP contribution in [0.3, 0.4) is 0 Å². The van der Waals surface area contributed by atoms with Gasteiger partial charge < -0.3 is 9.84 Å². The molecule has 0 aliphatic carbocycles. The molecular weight excluding hydrogens is 318 g/mol. The first-order valence-corrected chi connectivity index (χ1v) is 7.57. The second kappa shape index (κ2) is 6.97. The number of hydrogen-bond acceptors (Lipinski definition) is 5. The van der Waals surface area contributed by atoms with Gasteiger partial charge in [0, 0.05) is 11.8 Å². The summed E-state index contributed by atoms with van der Waals surface area (Å²) in [4.78, 5) is 28.8. The summed E-state index contributed by atoms with van der Waals surface area (Å²) in [5.74, 6) is -0.643. The molecule has 0 aliphatic heterocycles. The first-order valence-electron chi connectivity index (χ1n) is 7.57. The molecule has 5 heteroatoms. The van der Waals surface area contributed by atoms with Gasteiger partial charge in [-0.05, 0) is 59.7 Å². The predicted molar refractivity (Wildman–Crippen MR) is 93.0 cm³/mol. The average Bonchev–Trinajstić information content (AvgIpc) is 2.67. The third-order valence-corrected chi connectivity index (χ3v) is 3.73. The number of ether oxygens (including phenoxy) is 1. The lowest BCUT2D eigenvalue weighted by Crippen LogP contribution is -2.15. The van der Waals surface area contributed by atoms with Gasteiger partial charge in [0.05, 0.1) is 7.11 Å². The zero-order chi connectivity index (χ0) is 17.8. The largest absolute Gasteiger partial charge is 0.508 e. The van der Waals surface area contributed by atoms with Crippen molar-refractivity contribution in [3.63, 3.8) is 0 Å². The van der Waals surface area contributed by atoms with Gasteiger partial charge in [0.15, 0.2) is 0 Å². The van der Waals surface area contributed by atoms with Gasteiger partial charge in [-0.1, -0.05) is 12.1 Å². The first-order chi connectivity index (χ1) is 12.1. The minimum absolute atomic E-state index is 0.0298. The van der Waals surface area contributed by atoms with Gasteiger partial charge in [0.2, 0.25) is 5.78 Å². The maximum absolute atomic E-state index is 12.4. The van der Waals surface area contributed by atoms with Crippen molar-refractivity contribution in [3.05, 3.63) is 78.1 Å². The van der Waals surface area contributed by atoms with Crippen molar-refractivity contribution in [2.45, 2.75) is 0 Å². The summed E-state index contributed by atoms with van der Waals surface area (Å²) in [5, 5.41) is 9.28. The van der Waals surface area contributed by atoms with Crippen LogP contribution in [0.1, 0.15) is 20.8 Å². The number of methoxy groups -OCH3 is 1. The Balaban J connectivity index is 1.91. The summed E-state index contributed by atoms with van der Waals surface area (Å²) >= 11 is 0. The van der Waals surface area contributed by atoms with Crippen molar-refractivity contribution in [1.29, 1.82) is 0 Å². The second-order valence-electron chi connectivity index (χ2n) is 5.37. The van der Waals surface area contributed by atoms with E-state index in [0.29, 0.717) is 5.75 Å². The van der Waals surface area contributed by atoms with Crippen molar-refractivity contribution < 1.29 is 19.4 Å². The fourth-order valence-corrected chi connectivity index (χ4v) is 2.40. The van der Waals surface area contributed by atoms with Crippen molar-refractivity contribution in [1.82, 2.24) is 4.98 Å². The van der Waals surface area contributed by atoms with Crippen LogP contribution in [0.4, 0.5) is 0 Å². The van der Waals surface area contributed by atoms with Crippen LogP contribution in [0.2, 0.25) is 0 Å². The molecule has 1 heterocycles. The van der Waals surface area contributed by atoms with Crippen LogP contribution in [0.15, 0.2) is 66.9 Å². The molecule has 25 heavy (non-hydrogen) atoms. The number of carbonyl (C=O) groups excluding carboxylic acids is 2. The lowest BCUT2D eigenvalue weighted by Gasteiger charge is -2.06. The van der Waals surface area contributed by atoms with Crippen LogP contribution >= 0.6 is 0 Å². The first kappa shape index (κ1) is 16.4. The SMILES string of the molecule is COc1cccc(-c2ccnc(C(=O)C(=O)c3ccc(O)cc3)c2)c1. The molecule has 0 saturated heterocycles. The summed E-state index contributed by atoms with van der Waals surface area (Å²) in [6, 6.07) is 16.3. The Morgan fingerprint density at radius 2 is 1.64 bits per heavy atom. The van der Waals surface area contributed by atoms with E-state index in [0.717, 1.165) is 11.1 Å². The summed E-state index contributed by atoms with van der Waals surface area (Å²) < 4.78 is 5.20. The van der Waals surface area contributed by atoms with Gasteiger partial charge in [-0.15, -0.1) is 0 Å². The van der Waals surface area contributed by atoms with Crippen LogP contribution in [0, 0.1) is 0 Å². The number of phenolic OH excluding ortho intramolecular Hbond substituents is 1. The Bertz CT molecular complexity index is 932. The monoisotopic (exact) mass is 333 g/mol. The van der Waals surface area contributed by atoms with Gasteiger partial charge in [0.1, 0.15) is 17.2 Å². The molecule has 0 saturated carbocycles. The number of pyridine rings is 1. The van der Waals surface area contributed by atoms with Crippen LogP contribution in [-0.2, 0) is 0 Å². The van der Waals surface area contributed by atoms with Gasteiger partial charge in [-0.3, -0.25) is 14.6 Å². The van der Waals surface area contributed by atoms with Gasteiger partial charge >= 0.3 is 0 Å². The molecule has 0 aliphatic rings. The second-order valence-corrected chi connectivity index (χ2v) is 5.37. The molecule has 0 radical (unpaired) electrons. The summed E-state index contributed by atoms with van der Waals surface area (Å²) in [7, 11) is 1.58. The molecule has 0 bridgehead atoms. The number of aromatic hydroxyl groups is 1. The van der Waals surface area contributed by atoms with E-state index >= 15 is 0 Å². The van der Waals surface area contributed by atoms with Crippen LogP contribution < -0.4 is 4.74 Å². The molecule has 0 spiro atoms. The Morgan fingerprint density at radius 1 is 0.920 bits per heavy atom. The Labute approximate surface area is 144 Å². The number of benzene rings is 2. The van der Waals surface area contributed by atoms with E-state index in [1.54, 1.807) is 19.2 Å². The molecule has 5 nitrogen and oxygen atoms in total. The number of phenols is 1. The Hall–Kier alpha value is -3.47. The standard InChI is InChI=1S/C20H15NO4/c1-25-17-4-2-3-14(11-17)15-9-10-21-18(12-15)20(24)19(23)13-5-7-16(22)8-6-13/h2-12,22H,1H3. The zero-order valence-corrected chi connectivity index (χ0v) is 13.5. The van der Waals surface area contributed by atoms with E-state index < -0.39 is 11.6 Å². The Kier molecular flexibility index (Phi) is 4.57. The van der Waals surface area contributed by atoms with Crippen molar-refractivity contribution in [3.8, 4) is 22.6 Å². The highest BCUT2D eigenvalue weighted by Gasteiger charge is 2.20. The molecule has 0 atom stereocenters. The average molecular weight is 333 g/mol. The molecule has 3 rings (SSSR count). The van der Waals surface area contributed by atoms with Gasteiger partial charge in [0.25, 0.3) is 5.78 Å². The van der Waals surface area contributed by atoms with Gasteiger partial charge in [-0.25, -0.2) is 0 Å². The minimum Gasteiger partial charge on any atom is -0.508 e. The summed E-state index contributed by atoms with van der Waals surface area (Å²) in [6.07, 6.45) is 1.49. The normalized spacial score (nSPS) is 10.3. The summed E-state index contributed by atoms with van der Waals surface area (Å²) in [6.45, 7) is 0. The minimum atomic E-state index is -0.699. The third kappa shape index (κ3) is 3.55. The van der Waals surface area contributed by atoms with E-state index in [4.69, 9.17) is 4.74 Å². The highest BCUT2D eigenvalue weighted by atomic mass is 16.5. The predicted octanol–water partition coefficient (Wildman–Crippen LogP) is 3.53. The Morgan fingerprint density at radius 3 is 2.36 bits per heavy atom. The molecule has 0 unspecified atom stereocenters. The number of hydrogen-bond donors (Lipinski definition) is 1. The van der Waals surface area contributed by atoms with E-state index in [1.165, 1.54) is 30.5 Å². The van der Waals surface area contributed by atoms with Crippen LogP contribution in [0.5, 0.6) is 11.5 Å². The molecule has 1 N–H and O–H groups in total.